The summed E-state index contributed by atoms with van der Waals surface area (Å²) >= 11 is 5.80. The maximum Gasteiger partial charge on any atom is 0.339 e. The number of barbiturate groups is 1. The number of para-hydroxylation sites is 1. The molecule has 0 spiro atoms. The fourth-order valence-corrected chi connectivity index (χ4v) is 4.29. The number of nitro groups is 1. The van der Waals surface area contributed by atoms with Gasteiger partial charge in [-0.15, -0.1) is 0 Å². The van der Waals surface area contributed by atoms with Crippen molar-refractivity contribution in [2.75, 3.05) is 4.90 Å². The van der Waals surface area contributed by atoms with E-state index in [0.717, 1.165) is 18.2 Å². The maximum atomic E-state index is 13.1. The molecule has 0 radical (unpaired) electrons. The fourth-order valence-electron chi connectivity index (χ4n) is 3.21. The maximum absolute atomic E-state index is 13.1. The summed E-state index contributed by atoms with van der Waals surface area (Å²) in [7, 11) is -4.29. The van der Waals surface area contributed by atoms with Gasteiger partial charge in [0.05, 0.1) is 10.6 Å². The number of carbonyl (C=O) groups excluding carboxylic acids is 3. The number of hydrogen-bond acceptors (Lipinski definition) is 8. The summed E-state index contributed by atoms with van der Waals surface area (Å²) in [4.78, 5) is 48.6. The SMILES string of the molecule is O=C1NC(=O)N(c2ccc([N+](=O)[O-])cc2)C(=O)/C1=C/c1ccccc1OS(=O)(=O)c1ccc(Cl)cc1. The molecule has 3 aromatic rings. The number of nitrogens with zero attached hydrogens (tertiary/aromatic N) is 2. The van der Waals surface area contributed by atoms with Crippen molar-refractivity contribution in [1.29, 1.82) is 0 Å². The normalized spacial score (nSPS) is 15.1. The molecule has 1 saturated heterocycles. The number of carbonyl (C=O) groups is 3. The second kappa shape index (κ2) is 9.60. The van der Waals surface area contributed by atoms with Crippen LogP contribution in [0.1, 0.15) is 5.56 Å². The molecule has 0 saturated carbocycles. The van der Waals surface area contributed by atoms with E-state index in [1.54, 1.807) is 0 Å². The Hall–Kier alpha value is -4.55. The van der Waals surface area contributed by atoms with Crippen LogP contribution in [0.5, 0.6) is 5.75 Å². The molecular formula is C23H14ClN3O8S. The number of amides is 4. The topological polar surface area (TPSA) is 153 Å². The fraction of sp³-hybridized carbons (Fsp3) is 0. The summed E-state index contributed by atoms with van der Waals surface area (Å²) in [5.74, 6) is -2.22. The highest BCUT2D eigenvalue weighted by Crippen LogP contribution is 2.28. The highest BCUT2D eigenvalue weighted by molar-refractivity contribution is 7.87. The summed E-state index contributed by atoms with van der Waals surface area (Å²) in [6.07, 6.45) is 1.08. The number of anilines is 1. The minimum absolute atomic E-state index is 0.0173. The van der Waals surface area contributed by atoms with Crippen LogP contribution in [-0.4, -0.2) is 31.2 Å². The first-order chi connectivity index (χ1) is 17.1. The van der Waals surface area contributed by atoms with E-state index >= 15 is 0 Å². The second-order valence-corrected chi connectivity index (χ2v) is 9.24. The third-order valence-corrected chi connectivity index (χ3v) is 6.44. The van der Waals surface area contributed by atoms with Gasteiger partial charge in [0, 0.05) is 22.7 Å². The van der Waals surface area contributed by atoms with Gasteiger partial charge in [-0.25, -0.2) is 9.69 Å². The van der Waals surface area contributed by atoms with Gasteiger partial charge in [0.2, 0.25) is 0 Å². The molecule has 1 aliphatic heterocycles. The van der Waals surface area contributed by atoms with Crippen molar-refractivity contribution in [3.8, 4) is 5.75 Å². The number of rotatable bonds is 6. The first-order valence-electron chi connectivity index (χ1n) is 10.0. The lowest BCUT2D eigenvalue weighted by Crippen LogP contribution is -2.54. The van der Waals surface area contributed by atoms with Crippen molar-refractivity contribution in [3.05, 3.63) is 99.1 Å². The van der Waals surface area contributed by atoms with E-state index in [0.29, 0.717) is 9.92 Å². The summed E-state index contributed by atoms with van der Waals surface area (Å²) in [6.45, 7) is 0. The molecule has 4 rings (SSSR count). The van der Waals surface area contributed by atoms with Crippen LogP contribution in [0.25, 0.3) is 6.08 Å². The number of hydrogen-bond donors (Lipinski definition) is 1. The van der Waals surface area contributed by atoms with Crippen LogP contribution in [0.2, 0.25) is 5.02 Å². The Labute approximate surface area is 208 Å². The van der Waals surface area contributed by atoms with Crippen molar-refractivity contribution in [1.82, 2.24) is 5.32 Å². The predicted octanol–water partition coefficient (Wildman–Crippen LogP) is 3.68. The van der Waals surface area contributed by atoms with Crippen LogP contribution in [-0.2, 0) is 19.7 Å². The Balaban J connectivity index is 1.69. The molecule has 36 heavy (non-hydrogen) atoms. The quantitative estimate of drug-likeness (QED) is 0.167. The van der Waals surface area contributed by atoms with Crippen molar-refractivity contribution < 1.29 is 31.9 Å². The summed E-state index contributed by atoms with van der Waals surface area (Å²) in [6, 6.07) is 14.5. The number of urea groups is 1. The average molecular weight is 528 g/mol. The molecule has 0 aliphatic carbocycles. The zero-order valence-corrected chi connectivity index (χ0v) is 19.5. The van der Waals surface area contributed by atoms with Gasteiger partial charge in [-0.3, -0.25) is 25.0 Å². The van der Waals surface area contributed by atoms with Crippen molar-refractivity contribution in [3.63, 3.8) is 0 Å². The number of benzene rings is 3. The van der Waals surface area contributed by atoms with Crippen LogP contribution in [0.15, 0.2) is 83.3 Å². The number of halogens is 1. The molecule has 11 nitrogen and oxygen atoms in total. The van der Waals surface area contributed by atoms with E-state index in [4.69, 9.17) is 15.8 Å². The second-order valence-electron chi connectivity index (χ2n) is 7.26. The molecule has 3 aromatic carbocycles. The van der Waals surface area contributed by atoms with Crippen LogP contribution in [0, 0.1) is 10.1 Å². The first-order valence-corrected chi connectivity index (χ1v) is 11.8. The smallest absolute Gasteiger partial charge is 0.339 e. The molecule has 182 valence electrons. The van der Waals surface area contributed by atoms with Gasteiger partial charge in [0.15, 0.2) is 0 Å². The third-order valence-electron chi connectivity index (χ3n) is 4.94. The highest BCUT2D eigenvalue weighted by Gasteiger charge is 2.37. The van der Waals surface area contributed by atoms with Crippen LogP contribution < -0.4 is 14.4 Å². The van der Waals surface area contributed by atoms with Crippen LogP contribution in [0.3, 0.4) is 0 Å². The van der Waals surface area contributed by atoms with Crippen molar-refractivity contribution in [2.45, 2.75) is 4.90 Å². The van der Waals surface area contributed by atoms with Gasteiger partial charge in [-0.1, -0.05) is 29.8 Å². The molecule has 0 atom stereocenters. The van der Waals surface area contributed by atoms with E-state index in [1.807, 2.05) is 5.32 Å². The van der Waals surface area contributed by atoms with Gasteiger partial charge in [-0.2, -0.15) is 8.42 Å². The van der Waals surface area contributed by atoms with Gasteiger partial charge in [0.25, 0.3) is 17.5 Å². The molecule has 0 unspecified atom stereocenters. The minimum atomic E-state index is -4.29. The van der Waals surface area contributed by atoms with E-state index < -0.39 is 38.5 Å². The largest absolute Gasteiger partial charge is 0.378 e. The minimum Gasteiger partial charge on any atom is -0.378 e. The van der Waals surface area contributed by atoms with Crippen LogP contribution >= 0.6 is 11.6 Å². The van der Waals surface area contributed by atoms with Gasteiger partial charge in [0.1, 0.15) is 16.2 Å². The Morgan fingerprint density at radius 2 is 1.58 bits per heavy atom. The monoisotopic (exact) mass is 527 g/mol. The Morgan fingerprint density at radius 3 is 2.22 bits per heavy atom. The summed E-state index contributed by atoms with van der Waals surface area (Å²) in [5, 5.41) is 13.2. The Morgan fingerprint density at radius 1 is 0.944 bits per heavy atom. The van der Waals surface area contributed by atoms with Crippen LogP contribution in [0.4, 0.5) is 16.2 Å². The molecule has 0 bridgehead atoms. The predicted molar refractivity (Wildman–Crippen MR) is 128 cm³/mol. The lowest BCUT2D eigenvalue weighted by Gasteiger charge is -2.26. The number of nitrogens with one attached hydrogen (secondary N) is 1. The summed E-state index contributed by atoms with van der Waals surface area (Å²) < 4.78 is 30.7. The number of non-ortho nitro benzene ring substituents is 1. The molecule has 0 aromatic heterocycles. The van der Waals surface area contributed by atoms with E-state index in [-0.39, 0.29) is 27.6 Å². The number of nitro benzene ring substituents is 1. The average Bonchev–Trinajstić information content (AvgIpc) is 2.83. The lowest BCUT2D eigenvalue weighted by molar-refractivity contribution is -0.384. The molecule has 1 fully saturated rings. The van der Waals surface area contributed by atoms with Gasteiger partial charge in [-0.05, 0) is 48.5 Å². The van der Waals surface area contributed by atoms with Gasteiger partial charge >= 0.3 is 16.1 Å². The third kappa shape index (κ3) is 4.94. The molecular weight excluding hydrogens is 514 g/mol. The zero-order chi connectivity index (χ0) is 26.0. The molecule has 1 heterocycles. The van der Waals surface area contributed by atoms with E-state index in [9.17, 15) is 32.9 Å². The Kier molecular flexibility index (Phi) is 6.55. The first kappa shape index (κ1) is 24.6. The molecule has 13 heteroatoms. The van der Waals surface area contributed by atoms with Crippen molar-refractivity contribution >= 4 is 57.0 Å². The lowest BCUT2D eigenvalue weighted by atomic mass is 10.1. The van der Waals surface area contributed by atoms with Crippen molar-refractivity contribution in [2.24, 2.45) is 0 Å². The van der Waals surface area contributed by atoms with E-state index in [2.05, 4.69) is 0 Å². The summed E-state index contributed by atoms with van der Waals surface area (Å²) in [5.41, 5.74) is -0.709. The number of imide groups is 2. The van der Waals surface area contributed by atoms with Gasteiger partial charge < -0.3 is 4.18 Å². The Bertz CT molecular complexity index is 1530. The highest BCUT2D eigenvalue weighted by atomic mass is 35.5. The standard InChI is InChI=1S/C23H14ClN3O8S/c24-15-5-11-18(12-6-15)36(33,34)35-20-4-2-1-3-14(20)13-19-21(28)25-23(30)26(22(19)29)16-7-9-17(10-8-16)27(31)32/h1-13H,(H,25,28,30)/b19-13+. The molecule has 1 N–H and O–H groups in total. The molecule has 4 amide bonds. The molecule has 1 aliphatic rings. The zero-order valence-electron chi connectivity index (χ0n) is 18.0. The van der Waals surface area contributed by atoms with E-state index in [1.165, 1.54) is 60.7 Å².